The molecule has 1 unspecified atom stereocenters. The van der Waals surface area contributed by atoms with Gasteiger partial charge in [0.15, 0.2) is 0 Å². The monoisotopic (exact) mass is 288 g/mol. The number of benzene rings is 1. The molecule has 0 spiro atoms. The number of carbonyl (C=O) groups excluding carboxylic acids is 1. The lowest BCUT2D eigenvalue weighted by Gasteiger charge is -2.26. The Morgan fingerprint density at radius 3 is 2.76 bits per heavy atom. The minimum atomic E-state index is -0.143. The molecule has 116 valence electrons. The predicted molar refractivity (Wildman–Crippen MR) is 87.2 cm³/mol. The number of hydrogen-bond acceptors (Lipinski definition) is 2. The third-order valence-corrected chi connectivity index (χ3v) is 4.24. The van der Waals surface area contributed by atoms with Crippen LogP contribution in [0.25, 0.3) is 0 Å². The van der Waals surface area contributed by atoms with Crippen LogP contribution in [0.3, 0.4) is 0 Å². The van der Waals surface area contributed by atoms with Crippen LogP contribution in [0.1, 0.15) is 51.5 Å². The van der Waals surface area contributed by atoms with E-state index in [1.165, 1.54) is 18.4 Å². The van der Waals surface area contributed by atoms with Gasteiger partial charge in [-0.05, 0) is 58.1 Å². The zero-order valence-electron chi connectivity index (χ0n) is 13.3. The summed E-state index contributed by atoms with van der Waals surface area (Å²) in [6.45, 7) is 5.33. The van der Waals surface area contributed by atoms with E-state index >= 15 is 0 Å². The van der Waals surface area contributed by atoms with E-state index in [0.29, 0.717) is 12.5 Å². The second-order valence-electron chi connectivity index (χ2n) is 6.75. The van der Waals surface area contributed by atoms with Gasteiger partial charge in [-0.2, -0.15) is 0 Å². The number of rotatable bonds is 7. The molecule has 2 N–H and O–H groups in total. The maximum atomic E-state index is 12.1. The molecule has 21 heavy (non-hydrogen) atoms. The highest BCUT2D eigenvalue weighted by Crippen LogP contribution is 2.15. The Labute approximate surface area is 128 Å². The Balaban J connectivity index is 1.70. The van der Waals surface area contributed by atoms with Gasteiger partial charge in [0.25, 0.3) is 0 Å². The first kappa shape index (κ1) is 16.0. The van der Waals surface area contributed by atoms with Crippen LogP contribution in [-0.2, 0) is 11.2 Å². The third kappa shape index (κ3) is 5.88. The van der Waals surface area contributed by atoms with E-state index in [9.17, 15) is 4.79 Å². The molecule has 1 aliphatic heterocycles. The highest BCUT2D eigenvalue weighted by Gasteiger charge is 2.21. The normalized spacial score (nSPS) is 18.7. The minimum Gasteiger partial charge on any atom is -0.351 e. The first-order chi connectivity index (χ1) is 10.1. The van der Waals surface area contributed by atoms with Crippen molar-refractivity contribution in [3.63, 3.8) is 0 Å². The molecule has 1 heterocycles. The first-order valence-electron chi connectivity index (χ1n) is 8.13. The third-order valence-electron chi connectivity index (χ3n) is 4.24. The minimum absolute atomic E-state index is 0.143. The smallest absolute Gasteiger partial charge is 0.220 e. The molecule has 1 saturated heterocycles. The Kier molecular flexibility index (Phi) is 5.80. The highest BCUT2D eigenvalue weighted by atomic mass is 16.1. The summed E-state index contributed by atoms with van der Waals surface area (Å²) in [5.74, 6) is 0.182. The fourth-order valence-corrected chi connectivity index (χ4v) is 2.91. The Morgan fingerprint density at radius 1 is 1.33 bits per heavy atom. The highest BCUT2D eigenvalue weighted by molar-refractivity contribution is 5.76. The number of hydrogen-bond donors (Lipinski definition) is 2. The van der Waals surface area contributed by atoms with Crippen molar-refractivity contribution in [3.05, 3.63) is 35.9 Å². The quantitative estimate of drug-likeness (QED) is 0.809. The van der Waals surface area contributed by atoms with Gasteiger partial charge in [0.1, 0.15) is 0 Å². The fourth-order valence-electron chi connectivity index (χ4n) is 2.91. The molecule has 0 radical (unpaired) electrons. The standard InChI is InChI=1S/C18H28N2O/c1-18(2,13-12-15-7-4-3-5-8-15)20-17(21)11-10-16-9-6-14-19-16/h3-5,7-8,16,19H,6,9-14H2,1-2H3,(H,20,21). The van der Waals surface area contributed by atoms with Crippen molar-refractivity contribution in [2.75, 3.05) is 6.54 Å². The van der Waals surface area contributed by atoms with Crippen LogP contribution >= 0.6 is 0 Å². The summed E-state index contributed by atoms with van der Waals surface area (Å²) in [5, 5.41) is 6.63. The lowest BCUT2D eigenvalue weighted by molar-refractivity contribution is -0.122. The molecule has 0 bridgehead atoms. The van der Waals surface area contributed by atoms with Gasteiger partial charge in [-0.1, -0.05) is 30.3 Å². The average molecular weight is 288 g/mol. The number of amides is 1. The second-order valence-corrected chi connectivity index (χ2v) is 6.75. The lowest BCUT2D eigenvalue weighted by atomic mass is 9.95. The van der Waals surface area contributed by atoms with Gasteiger partial charge in [-0.3, -0.25) is 4.79 Å². The van der Waals surface area contributed by atoms with Crippen molar-refractivity contribution in [3.8, 4) is 0 Å². The van der Waals surface area contributed by atoms with Crippen LogP contribution in [0.2, 0.25) is 0 Å². The van der Waals surface area contributed by atoms with E-state index in [1.54, 1.807) is 0 Å². The molecule has 3 nitrogen and oxygen atoms in total. The van der Waals surface area contributed by atoms with Crippen LogP contribution in [0.4, 0.5) is 0 Å². The molecular formula is C18H28N2O. The van der Waals surface area contributed by atoms with Crippen LogP contribution in [-0.4, -0.2) is 24.0 Å². The molecule has 1 atom stereocenters. The van der Waals surface area contributed by atoms with Crippen molar-refractivity contribution >= 4 is 5.91 Å². The summed E-state index contributed by atoms with van der Waals surface area (Å²) >= 11 is 0. The summed E-state index contributed by atoms with van der Waals surface area (Å²) in [7, 11) is 0. The summed E-state index contributed by atoms with van der Waals surface area (Å²) in [4.78, 5) is 12.1. The van der Waals surface area contributed by atoms with Gasteiger partial charge in [-0.25, -0.2) is 0 Å². The van der Waals surface area contributed by atoms with Crippen molar-refractivity contribution in [2.45, 2.75) is 64.0 Å². The van der Waals surface area contributed by atoms with E-state index in [0.717, 1.165) is 25.8 Å². The van der Waals surface area contributed by atoms with Crippen molar-refractivity contribution in [2.24, 2.45) is 0 Å². The Bertz CT molecular complexity index is 436. The largest absolute Gasteiger partial charge is 0.351 e. The van der Waals surface area contributed by atoms with Gasteiger partial charge in [-0.15, -0.1) is 0 Å². The molecule has 3 heteroatoms. The van der Waals surface area contributed by atoms with Crippen LogP contribution < -0.4 is 10.6 Å². The SMILES string of the molecule is CC(C)(CCc1ccccc1)NC(=O)CCC1CCCN1. The molecule has 1 aliphatic rings. The topological polar surface area (TPSA) is 41.1 Å². The second kappa shape index (κ2) is 7.60. The maximum absolute atomic E-state index is 12.1. The number of nitrogens with one attached hydrogen (secondary N) is 2. The number of carbonyl (C=O) groups is 1. The van der Waals surface area contributed by atoms with E-state index in [4.69, 9.17) is 0 Å². The Morgan fingerprint density at radius 2 is 2.10 bits per heavy atom. The van der Waals surface area contributed by atoms with Gasteiger partial charge in [0.2, 0.25) is 5.91 Å². The fraction of sp³-hybridized carbons (Fsp3) is 0.611. The first-order valence-corrected chi connectivity index (χ1v) is 8.13. The van der Waals surface area contributed by atoms with Gasteiger partial charge >= 0.3 is 0 Å². The van der Waals surface area contributed by atoms with Crippen molar-refractivity contribution in [1.82, 2.24) is 10.6 Å². The summed E-state index contributed by atoms with van der Waals surface area (Å²) in [6, 6.07) is 11.0. The van der Waals surface area contributed by atoms with Crippen molar-refractivity contribution < 1.29 is 4.79 Å². The van der Waals surface area contributed by atoms with Crippen LogP contribution in [0.15, 0.2) is 30.3 Å². The maximum Gasteiger partial charge on any atom is 0.220 e. The van der Waals surface area contributed by atoms with Crippen molar-refractivity contribution in [1.29, 1.82) is 0 Å². The van der Waals surface area contributed by atoms with Crippen LogP contribution in [0.5, 0.6) is 0 Å². The van der Waals surface area contributed by atoms with E-state index in [2.05, 4.69) is 48.7 Å². The lowest BCUT2D eigenvalue weighted by Crippen LogP contribution is -2.44. The number of aryl methyl sites for hydroxylation is 1. The molecule has 1 aromatic rings. The molecular weight excluding hydrogens is 260 g/mol. The van der Waals surface area contributed by atoms with E-state index in [-0.39, 0.29) is 11.4 Å². The average Bonchev–Trinajstić information content (AvgIpc) is 2.97. The predicted octanol–water partition coefficient (Wildman–Crippen LogP) is 3.05. The molecule has 1 amide bonds. The van der Waals surface area contributed by atoms with Gasteiger partial charge < -0.3 is 10.6 Å². The van der Waals surface area contributed by atoms with Gasteiger partial charge in [0, 0.05) is 18.0 Å². The zero-order valence-corrected chi connectivity index (χ0v) is 13.3. The molecule has 1 aromatic carbocycles. The van der Waals surface area contributed by atoms with Crippen LogP contribution in [0, 0.1) is 0 Å². The molecule has 2 rings (SSSR count). The molecule has 0 saturated carbocycles. The Hall–Kier alpha value is -1.35. The summed E-state index contributed by atoms with van der Waals surface area (Å²) in [6.07, 6.45) is 6.01. The summed E-state index contributed by atoms with van der Waals surface area (Å²) < 4.78 is 0. The van der Waals surface area contributed by atoms with E-state index < -0.39 is 0 Å². The molecule has 1 fully saturated rings. The molecule has 0 aliphatic carbocycles. The van der Waals surface area contributed by atoms with Gasteiger partial charge in [0.05, 0.1) is 0 Å². The molecule has 0 aromatic heterocycles. The van der Waals surface area contributed by atoms with E-state index in [1.807, 2.05) is 6.07 Å². The summed E-state index contributed by atoms with van der Waals surface area (Å²) in [5.41, 5.74) is 1.19. The zero-order chi connectivity index (χ0) is 15.1.